The lowest BCUT2D eigenvalue weighted by atomic mass is 10.1. The molecule has 3 heterocycles. The molecule has 1 aliphatic heterocycles. The van der Waals surface area contributed by atoms with Crippen LogP contribution < -0.4 is 0 Å². The summed E-state index contributed by atoms with van der Waals surface area (Å²) in [6, 6.07) is 12.5. The van der Waals surface area contributed by atoms with Crippen LogP contribution in [0, 0.1) is 12.8 Å². The molecule has 1 aliphatic rings. The fourth-order valence-electron chi connectivity index (χ4n) is 4.30. The van der Waals surface area contributed by atoms with E-state index in [1.165, 1.54) is 5.56 Å². The summed E-state index contributed by atoms with van der Waals surface area (Å²) in [6.45, 7) is 8.60. The molecule has 152 valence electrons. The Labute approximate surface area is 172 Å². The van der Waals surface area contributed by atoms with E-state index in [0.717, 1.165) is 49.3 Å². The van der Waals surface area contributed by atoms with Crippen LogP contribution in [0.1, 0.15) is 35.0 Å². The van der Waals surface area contributed by atoms with Gasteiger partial charge in [0.15, 0.2) is 5.65 Å². The Hall–Kier alpha value is -2.73. The third-order valence-electron chi connectivity index (χ3n) is 5.83. The monoisotopic (exact) mass is 391 g/mol. The van der Waals surface area contributed by atoms with Gasteiger partial charge in [0.05, 0.1) is 17.1 Å². The van der Waals surface area contributed by atoms with Gasteiger partial charge in [0.2, 0.25) is 0 Å². The van der Waals surface area contributed by atoms with Crippen LogP contribution in [0.3, 0.4) is 0 Å². The van der Waals surface area contributed by atoms with Crippen LogP contribution in [-0.4, -0.2) is 56.7 Å². The van der Waals surface area contributed by atoms with E-state index in [-0.39, 0.29) is 5.91 Å². The number of carbonyl (C=O) groups is 1. The number of nitrogens with zero attached hydrogens (tertiary/aromatic N) is 5. The minimum Gasteiger partial charge on any atom is -0.339 e. The number of hydrogen-bond donors (Lipinski definition) is 0. The Morgan fingerprint density at radius 2 is 2.07 bits per heavy atom. The number of benzene rings is 1. The first kappa shape index (κ1) is 19.6. The van der Waals surface area contributed by atoms with E-state index >= 15 is 0 Å². The molecule has 0 N–H and O–H groups in total. The number of fused-ring (bicyclic) bond motifs is 1. The zero-order chi connectivity index (χ0) is 20.4. The zero-order valence-electron chi connectivity index (χ0n) is 17.5. The van der Waals surface area contributed by atoms with Crippen molar-refractivity contribution in [1.82, 2.24) is 24.6 Å². The number of pyridine rings is 1. The van der Waals surface area contributed by atoms with E-state index in [9.17, 15) is 4.79 Å². The van der Waals surface area contributed by atoms with Crippen LogP contribution in [-0.2, 0) is 13.6 Å². The van der Waals surface area contributed by atoms with Gasteiger partial charge in [-0.1, -0.05) is 30.3 Å². The predicted molar refractivity (Wildman–Crippen MR) is 115 cm³/mol. The molecule has 2 aromatic heterocycles. The van der Waals surface area contributed by atoms with Crippen molar-refractivity contribution in [3.8, 4) is 0 Å². The molecule has 0 spiro atoms. The summed E-state index contributed by atoms with van der Waals surface area (Å²) in [5.41, 5.74) is 3.67. The van der Waals surface area contributed by atoms with Crippen molar-refractivity contribution >= 4 is 16.9 Å². The maximum atomic E-state index is 13.4. The molecule has 6 heteroatoms. The first-order chi connectivity index (χ1) is 14.0. The second kappa shape index (κ2) is 8.33. The molecule has 1 aromatic carbocycles. The lowest BCUT2D eigenvalue weighted by Gasteiger charge is -2.25. The van der Waals surface area contributed by atoms with Crippen LogP contribution in [0.4, 0.5) is 0 Å². The highest BCUT2D eigenvalue weighted by atomic mass is 16.2. The van der Waals surface area contributed by atoms with Crippen molar-refractivity contribution < 1.29 is 4.79 Å². The molecule has 29 heavy (non-hydrogen) atoms. The number of rotatable bonds is 6. The van der Waals surface area contributed by atoms with Crippen molar-refractivity contribution in [2.45, 2.75) is 26.8 Å². The normalized spacial score (nSPS) is 17.1. The third-order valence-corrected chi connectivity index (χ3v) is 5.83. The molecule has 4 rings (SSSR count). The van der Waals surface area contributed by atoms with E-state index in [2.05, 4.69) is 52.2 Å². The molecule has 0 aliphatic carbocycles. The average Bonchev–Trinajstić information content (AvgIpc) is 3.32. The van der Waals surface area contributed by atoms with E-state index in [1.807, 2.05) is 24.9 Å². The van der Waals surface area contributed by atoms with Gasteiger partial charge in [0, 0.05) is 38.9 Å². The Kier molecular flexibility index (Phi) is 5.62. The van der Waals surface area contributed by atoms with Crippen molar-refractivity contribution in [3.05, 3.63) is 59.4 Å². The van der Waals surface area contributed by atoms with Crippen molar-refractivity contribution in [3.63, 3.8) is 0 Å². The molecule has 1 atom stereocenters. The number of amides is 1. The molecule has 6 nitrogen and oxygen atoms in total. The van der Waals surface area contributed by atoms with Gasteiger partial charge >= 0.3 is 0 Å². The predicted octanol–water partition coefficient (Wildman–Crippen LogP) is 3.26. The Bertz CT molecular complexity index is 997. The first-order valence-electron chi connectivity index (χ1n) is 10.4. The van der Waals surface area contributed by atoms with E-state index in [1.54, 1.807) is 10.9 Å². The van der Waals surface area contributed by atoms with Crippen LogP contribution in [0.25, 0.3) is 11.0 Å². The number of aryl methyl sites for hydroxylation is 2. The van der Waals surface area contributed by atoms with Gasteiger partial charge in [-0.2, -0.15) is 5.10 Å². The maximum Gasteiger partial charge on any atom is 0.254 e. The lowest BCUT2D eigenvalue weighted by Crippen LogP contribution is -2.36. The SMILES string of the molecule is CCN(CC1CCN(Cc2ccccc2)C1)C(=O)c1cc(C)nc2c1cnn2C. The average molecular weight is 392 g/mol. The molecule has 1 fully saturated rings. The summed E-state index contributed by atoms with van der Waals surface area (Å²) in [5, 5.41) is 5.13. The van der Waals surface area contributed by atoms with Gasteiger partial charge in [-0.3, -0.25) is 14.4 Å². The van der Waals surface area contributed by atoms with Gasteiger partial charge in [-0.25, -0.2) is 4.98 Å². The zero-order valence-corrected chi connectivity index (χ0v) is 17.5. The quantitative estimate of drug-likeness (QED) is 0.647. The molecular weight excluding hydrogens is 362 g/mol. The van der Waals surface area contributed by atoms with Gasteiger partial charge in [0.1, 0.15) is 0 Å². The Balaban J connectivity index is 1.45. The lowest BCUT2D eigenvalue weighted by molar-refractivity contribution is 0.0740. The summed E-state index contributed by atoms with van der Waals surface area (Å²) in [5.74, 6) is 0.590. The minimum atomic E-state index is 0.0810. The van der Waals surface area contributed by atoms with Gasteiger partial charge in [0.25, 0.3) is 5.91 Å². The standard InChI is InChI=1S/C23H29N5O/c1-4-28(16-19-10-11-27(15-19)14-18-8-6-5-7-9-18)23(29)20-12-17(2)25-22-21(20)13-24-26(22)3/h5-9,12-13,19H,4,10-11,14-16H2,1-3H3. The van der Waals surface area contributed by atoms with Gasteiger partial charge in [-0.15, -0.1) is 0 Å². The molecule has 0 bridgehead atoms. The first-order valence-corrected chi connectivity index (χ1v) is 10.4. The number of carbonyl (C=O) groups excluding carboxylic acids is 1. The third kappa shape index (κ3) is 4.17. The minimum absolute atomic E-state index is 0.0810. The molecule has 1 unspecified atom stereocenters. The van der Waals surface area contributed by atoms with Crippen LogP contribution in [0.2, 0.25) is 0 Å². The van der Waals surface area contributed by atoms with E-state index < -0.39 is 0 Å². The fraction of sp³-hybridized carbons (Fsp3) is 0.435. The highest BCUT2D eigenvalue weighted by Crippen LogP contribution is 2.23. The van der Waals surface area contributed by atoms with Gasteiger partial charge in [-0.05, 0) is 44.4 Å². The van der Waals surface area contributed by atoms with Gasteiger partial charge < -0.3 is 4.90 Å². The second-order valence-corrected chi connectivity index (χ2v) is 8.04. The van der Waals surface area contributed by atoms with Crippen molar-refractivity contribution in [2.75, 3.05) is 26.2 Å². The summed E-state index contributed by atoms with van der Waals surface area (Å²) < 4.78 is 1.73. The van der Waals surface area contributed by atoms with Crippen LogP contribution in [0.15, 0.2) is 42.6 Å². The Morgan fingerprint density at radius 1 is 1.28 bits per heavy atom. The van der Waals surface area contributed by atoms with E-state index in [0.29, 0.717) is 18.0 Å². The number of hydrogen-bond acceptors (Lipinski definition) is 4. The van der Waals surface area contributed by atoms with Crippen LogP contribution in [0.5, 0.6) is 0 Å². The highest BCUT2D eigenvalue weighted by molar-refractivity contribution is 6.05. The smallest absolute Gasteiger partial charge is 0.254 e. The summed E-state index contributed by atoms with van der Waals surface area (Å²) in [7, 11) is 1.86. The summed E-state index contributed by atoms with van der Waals surface area (Å²) >= 11 is 0. The topological polar surface area (TPSA) is 54.3 Å². The number of likely N-dealkylation sites (tertiary alicyclic amines) is 1. The molecule has 3 aromatic rings. The largest absolute Gasteiger partial charge is 0.339 e. The molecular formula is C23H29N5O. The summed E-state index contributed by atoms with van der Waals surface area (Å²) in [4.78, 5) is 22.4. The van der Waals surface area contributed by atoms with Crippen LogP contribution >= 0.6 is 0 Å². The Morgan fingerprint density at radius 3 is 2.83 bits per heavy atom. The molecule has 0 radical (unpaired) electrons. The fourth-order valence-corrected chi connectivity index (χ4v) is 4.30. The van der Waals surface area contributed by atoms with E-state index in [4.69, 9.17) is 0 Å². The van der Waals surface area contributed by atoms with Crippen molar-refractivity contribution in [2.24, 2.45) is 13.0 Å². The second-order valence-electron chi connectivity index (χ2n) is 8.04. The highest BCUT2D eigenvalue weighted by Gasteiger charge is 2.27. The summed E-state index contributed by atoms with van der Waals surface area (Å²) in [6.07, 6.45) is 2.88. The molecule has 1 saturated heterocycles. The maximum absolute atomic E-state index is 13.4. The number of aromatic nitrogens is 3. The molecule has 0 saturated carbocycles. The molecule has 1 amide bonds. The van der Waals surface area contributed by atoms with Crippen molar-refractivity contribution in [1.29, 1.82) is 0 Å².